The number of aromatic nitrogens is 3. The molecule has 0 saturated carbocycles. The first kappa shape index (κ1) is 7.49. The molecule has 12 heavy (non-hydrogen) atoms. The molecule has 0 amide bonds. The second kappa shape index (κ2) is 2.71. The molecule has 2 rings (SSSR count). The lowest BCUT2D eigenvalue weighted by molar-refractivity contribution is 0.740. The third kappa shape index (κ3) is 1.04. The van der Waals surface area contributed by atoms with Gasteiger partial charge in [0.25, 0.3) is 0 Å². The molecular formula is C8H9N3S. The zero-order chi connectivity index (χ0) is 8.55. The summed E-state index contributed by atoms with van der Waals surface area (Å²) in [6, 6.07) is 2.01. The van der Waals surface area contributed by atoms with Gasteiger partial charge in [0, 0.05) is 23.7 Å². The van der Waals surface area contributed by atoms with Crippen LogP contribution in [0.25, 0.3) is 11.3 Å². The van der Waals surface area contributed by atoms with Gasteiger partial charge in [-0.1, -0.05) is 0 Å². The van der Waals surface area contributed by atoms with Crippen LogP contribution < -0.4 is 0 Å². The van der Waals surface area contributed by atoms with Crippen molar-refractivity contribution in [3.8, 4) is 11.3 Å². The quantitative estimate of drug-likeness (QED) is 0.669. The van der Waals surface area contributed by atoms with Crippen LogP contribution in [0.1, 0.15) is 5.69 Å². The van der Waals surface area contributed by atoms with E-state index in [-0.39, 0.29) is 0 Å². The molecule has 62 valence electrons. The van der Waals surface area contributed by atoms with E-state index in [0.29, 0.717) is 0 Å². The maximum Gasteiger partial charge on any atom is 0.0874 e. The number of nitrogens with zero attached hydrogens (tertiary/aromatic N) is 3. The van der Waals surface area contributed by atoms with Gasteiger partial charge in [-0.15, -0.1) is 0 Å². The average molecular weight is 179 g/mol. The highest BCUT2D eigenvalue weighted by molar-refractivity contribution is 7.03. The minimum absolute atomic E-state index is 1.02. The summed E-state index contributed by atoms with van der Waals surface area (Å²) < 4.78 is 6.10. The van der Waals surface area contributed by atoms with Crippen LogP contribution in [-0.4, -0.2) is 14.2 Å². The Bertz CT molecular complexity index is 375. The molecule has 0 spiro atoms. The Morgan fingerprint density at radius 3 is 2.83 bits per heavy atom. The van der Waals surface area contributed by atoms with Crippen molar-refractivity contribution in [3.63, 3.8) is 0 Å². The van der Waals surface area contributed by atoms with Crippen LogP contribution in [0.2, 0.25) is 0 Å². The molecule has 3 nitrogen and oxygen atoms in total. The van der Waals surface area contributed by atoms with E-state index in [1.54, 1.807) is 0 Å². The number of rotatable bonds is 1. The van der Waals surface area contributed by atoms with E-state index in [0.717, 1.165) is 17.0 Å². The van der Waals surface area contributed by atoms with Gasteiger partial charge in [0.1, 0.15) is 0 Å². The van der Waals surface area contributed by atoms with Crippen LogP contribution in [0.3, 0.4) is 0 Å². The Balaban J connectivity index is 2.55. The molecule has 0 atom stereocenters. The maximum absolute atomic E-state index is 4.25. The fourth-order valence-corrected chi connectivity index (χ4v) is 1.63. The van der Waals surface area contributed by atoms with Crippen LogP contribution in [0.4, 0.5) is 0 Å². The van der Waals surface area contributed by atoms with Crippen molar-refractivity contribution in [2.24, 2.45) is 7.05 Å². The normalized spacial score (nSPS) is 10.5. The minimum Gasteiger partial charge on any atom is -0.272 e. The van der Waals surface area contributed by atoms with Crippen LogP contribution in [0.5, 0.6) is 0 Å². The van der Waals surface area contributed by atoms with E-state index >= 15 is 0 Å². The molecule has 0 aromatic carbocycles. The lowest BCUT2D eigenvalue weighted by Gasteiger charge is -1.94. The SMILES string of the molecule is Cc1c(-c2ccsn2)cnn1C. The predicted octanol–water partition coefficient (Wildman–Crippen LogP) is 1.85. The Labute approximate surface area is 74.8 Å². The molecule has 0 bridgehead atoms. The van der Waals surface area contributed by atoms with Gasteiger partial charge in [0.15, 0.2) is 0 Å². The Morgan fingerprint density at radius 2 is 2.33 bits per heavy atom. The first-order valence-corrected chi connectivity index (χ1v) is 4.52. The molecule has 2 aromatic rings. The molecule has 0 aliphatic heterocycles. The molecule has 0 aliphatic rings. The Kier molecular flexibility index (Phi) is 1.69. The van der Waals surface area contributed by atoms with Crippen molar-refractivity contribution in [3.05, 3.63) is 23.3 Å². The fraction of sp³-hybridized carbons (Fsp3) is 0.250. The summed E-state index contributed by atoms with van der Waals surface area (Å²) in [5, 5.41) is 6.13. The second-order valence-corrected chi connectivity index (χ2v) is 3.32. The van der Waals surface area contributed by atoms with Gasteiger partial charge >= 0.3 is 0 Å². The van der Waals surface area contributed by atoms with Gasteiger partial charge in [-0.05, 0) is 24.5 Å². The molecule has 0 N–H and O–H groups in total. The first-order chi connectivity index (χ1) is 5.79. The van der Waals surface area contributed by atoms with E-state index in [9.17, 15) is 0 Å². The largest absolute Gasteiger partial charge is 0.272 e. The van der Waals surface area contributed by atoms with E-state index in [2.05, 4.69) is 9.47 Å². The van der Waals surface area contributed by atoms with E-state index < -0.39 is 0 Å². The average Bonchev–Trinajstić information content (AvgIpc) is 2.64. The molecule has 0 fully saturated rings. The number of hydrogen-bond donors (Lipinski definition) is 0. The monoisotopic (exact) mass is 179 g/mol. The Morgan fingerprint density at radius 1 is 1.50 bits per heavy atom. The second-order valence-electron chi connectivity index (χ2n) is 2.65. The van der Waals surface area contributed by atoms with Crippen LogP contribution in [0.15, 0.2) is 17.6 Å². The summed E-state index contributed by atoms with van der Waals surface area (Å²) in [6.07, 6.45) is 1.85. The summed E-state index contributed by atoms with van der Waals surface area (Å²) in [6.45, 7) is 2.04. The molecular weight excluding hydrogens is 170 g/mol. The van der Waals surface area contributed by atoms with Gasteiger partial charge in [-0.2, -0.15) is 9.47 Å². The lowest BCUT2D eigenvalue weighted by Crippen LogP contribution is -1.92. The summed E-state index contributed by atoms with van der Waals surface area (Å²) >= 11 is 1.47. The standard InChI is InChI=1S/C8H9N3S/c1-6-7(5-9-11(6)2)8-3-4-12-10-8/h3-5H,1-2H3. The Hall–Kier alpha value is -1.16. The third-order valence-electron chi connectivity index (χ3n) is 1.95. The van der Waals surface area contributed by atoms with Gasteiger partial charge in [0.05, 0.1) is 11.9 Å². The van der Waals surface area contributed by atoms with Crippen molar-refractivity contribution in [1.82, 2.24) is 14.2 Å². The van der Waals surface area contributed by atoms with Crippen molar-refractivity contribution in [2.45, 2.75) is 6.92 Å². The molecule has 2 aromatic heterocycles. The van der Waals surface area contributed by atoms with Gasteiger partial charge in [-0.3, -0.25) is 4.68 Å². The highest BCUT2D eigenvalue weighted by Crippen LogP contribution is 2.21. The summed E-state index contributed by atoms with van der Waals surface area (Å²) in [7, 11) is 1.94. The highest BCUT2D eigenvalue weighted by Gasteiger charge is 2.06. The van der Waals surface area contributed by atoms with E-state index in [4.69, 9.17) is 0 Å². The van der Waals surface area contributed by atoms with Crippen LogP contribution >= 0.6 is 11.5 Å². The molecule has 2 heterocycles. The van der Waals surface area contributed by atoms with Crippen LogP contribution in [0, 0.1) is 6.92 Å². The lowest BCUT2D eigenvalue weighted by atomic mass is 10.2. The first-order valence-electron chi connectivity index (χ1n) is 3.68. The van der Waals surface area contributed by atoms with Crippen molar-refractivity contribution in [2.75, 3.05) is 0 Å². The third-order valence-corrected chi connectivity index (χ3v) is 2.51. The topological polar surface area (TPSA) is 30.7 Å². The van der Waals surface area contributed by atoms with Gasteiger partial charge in [0.2, 0.25) is 0 Å². The van der Waals surface area contributed by atoms with Crippen molar-refractivity contribution in [1.29, 1.82) is 0 Å². The molecule has 0 radical (unpaired) electrons. The zero-order valence-electron chi connectivity index (χ0n) is 6.98. The molecule has 0 unspecified atom stereocenters. The zero-order valence-corrected chi connectivity index (χ0v) is 7.80. The minimum atomic E-state index is 1.02. The fourth-order valence-electron chi connectivity index (χ4n) is 1.10. The summed E-state index contributed by atoms with van der Waals surface area (Å²) in [5.41, 5.74) is 3.30. The maximum atomic E-state index is 4.25. The van der Waals surface area contributed by atoms with Gasteiger partial charge < -0.3 is 0 Å². The molecule has 4 heteroatoms. The summed E-state index contributed by atoms with van der Waals surface area (Å²) in [5.74, 6) is 0. The highest BCUT2D eigenvalue weighted by atomic mass is 32.1. The summed E-state index contributed by atoms with van der Waals surface area (Å²) in [4.78, 5) is 0. The van der Waals surface area contributed by atoms with E-state index in [1.165, 1.54) is 11.5 Å². The number of hydrogen-bond acceptors (Lipinski definition) is 3. The smallest absolute Gasteiger partial charge is 0.0874 e. The van der Waals surface area contributed by atoms with Crippen molar-refractivity contribution < 1.29 is 0 Å². The van der Waals surface area contributed by atoms with Gasteiger partial charge in [-0.25, -0.2) is 0 Å². The van der Waals surface area contributed by atoms with Crippen molar-refractivity contribution >= 4 is 11.5 Å². The molecule has 0 saturated heterocycles. The molecule has 0 aliphatic carbocycles. The van der Waals surface area contributed by atoms with E-state index in [1.807, 2.05) is 36.3 Å². The predicted molar refractivity (Wildman–Crippen MR) is 49.1 cm³/mol. The van der Waals surface area contributed by atoms with Crippen LogP contribution in [-0.2, 0) is 7.05 Å². The number of aryl methyl sites for hydroxylation is 1.